The highest BCUT2D eigenvalue weighted by Gasteiger charge is 2.53. The summed E-state index contributed by atoms with van der Waals surface area (Å²) in [5, 5.41) is 10.6. The van der Waals surface area contributed by atoms with E-state index in [0.717, 1.165) is 0 Å². The monoisotopic (exact) mass is 306 g/mol. The van der Waals surface area contributed by atoms with Crippen LogP contribution in [0.25, 0.3) is 0 Å². The fourth-order valence-electron chi connectivity index (χ4n) is 2.44. The van der Waals surface area contributed by atoms with Crippen LogP contribution in [-0.2, 0) is 18.3 Å². The molecule has 7 heteroatoms. The smallest absolute Gasteiger partial charge is 0.185 e. The van der Waals surface area contributed by atoms with E-state index in [2.05, 4.69) is 39.3 Å². The van der Waals surface area contributed by atoms with Crippen LogP contribution < -0.4 is 0 Å². The lowest BCUT2D eigenvalue weighted by Gasteiger charge is -2.42. The summed E-state index contributed by atoms with van der Waals surface area (Å²) >= 11 is 0. The highest BCUT2D eigenvalue weighted by atomic mass is 28.4. The first-order chi connectivity index (χ1) is 8.57. The van der Waals surface area contributed by atoms with Gasteiger partial charge in [-0.15, -0.1) is 0 Å². The number of hydrogen-bond donors (Lipinski definition) is 1. The molecule has 2 saturated heterocycles. The highest BCUT2D eigenvalue weighted by molar-refractivity contribution is 6.70. The van der Waals surface area contributed by atoms with Gasteiger partial charge in [-0.25, -0.2) is 0 Å². The van der Waals surface area contributed by atoms with E-state index in [0.29, 0.717) is 6.61 Å². The van der Waals surface area contributed by atoms with Crippen molar-refractivity contribution in [1.82, 2.24) is 0 Å². The summed E-state index contributed by atoms with van der Waals surface area (Å²) in [6.45, 7) is 13.1. The molecule has 112 valence electrons. The van der Waals surface area contributed by atoms with E-state index < -0.39 is 35.1 Å². The van der Waals surface area contributed by atoms with Crippen LogP contribution in [0.5, 0.6) is 0 Å². The molecule has 0 aromatic heterocycles. The van der Waals surface area contributed by atoms with Crippen molar-refractivity contribution in [3.05, 3.63) is 0 Å². The van der Waals surface area contributed by atoms with Gasteiger partial charge in [0.05, 0.1) is 6.61 Å². The Labute approximate surface area is 117 Å². The summed E-state index contributed by atoms with van der Waals surface area (Å²) in [7, 11) is -3.53. The Morgan fingerprint density at radius 2 is 1.47 bits per heavy atom. The number of aliphatic hydroxyl groups is 1. The lowest BCUT2D eigenvalue weighted by Crippen LogP contribution is -2.59. The fourth-order valence-corrected chi connectivity index (χ4v) is 4.62. The average molecular weight is 307 g/mol. The second-order valence-corrected chi connectivity index (χ2v) is 16.2. The van der Waals surface area contributed by atoms with E-state index in [-0.39, 0.29) is 12.2 Å². The van der Waals surface area contributed by atoms with Gasteiger partial charge in [-0.1, -0.05) is 0 Å². The van der Waals surface area contributed by atoms with Crippen molar-refractivity contribution in [3.63, 3.8) is 0 Å². The normalized spacial score (nSPS) is 39.6. The molecule has 2 fully saturated rings. The molecule has 1 N–H and O–H groups in total. The van der Waals surface area contributed by atoms with Crippen LogP contribution in [0.1, 0.15) is 0 Å². The van der Waals surface area contributed by atoms with Gasteiger partial charge in [0, 0.05) is 0 Å². The Hall–Kier alpha value is 0.234. The average Bonchev–Trinajstić information content (AvgIpc) is 2.63. The van der Waals surface area contributed by atoms with Crippen molar-refractivity contribution < 1.29 is 23.4 Å². The molecule has 2 bridgehead atoms. The predicted molar refractivity (Wildman–Crippen MR) is 77.1 cm³/mol. The Bertz CT molecular complexity index is 295. The van der Waals surface area contributed by atoms with E-state index in [1.165, 1.54) is 0 Å². The summed E-state index contributed by atoms with van der Waals surface area (Å²) in [4.78, 5) is 0. The molecule has 2 rings (SSSR count). The Kier molecular flexibility index (Phi) is 4.28. The minimum absolute atomic E-state index is 0.173. The van der Waals surface area contributed by atoms with Gasteiger partial charge in [-0.05, 0) is 39.3 Å². The van der Waals surface area contributed by atoms with Gasteiger partial charge in [-0.3, -0.25) is 0 Å². The van der Waals surface area contributed by atoms with Crippen LogP contribution in [0, 0.1) is 0 Å². The molecule has 2 aliphatic heterocycles. The summed E-state index contributed by atoms with van der Waals surface area (Å²) in [5.41, 5.74) is 0. The lowest BCUT2D eigenvalue weighted by atomic mass is 10.0. The molecule has 2 heterocycles. The van der Waals surface area contributed by atoms with Crippen molar-refractivity contribution in [1.29, 1.82) is 0 Å². The molecule has 19 heavy (non-hydrogen) atoms. The van der Waals surface area contributed by atoms with Gasteiger partial charge in [0.2, 0.25) is 0 Å². The van der Waals surface area contributed by atoms with Crippen molar-refractivity contribution in [2.45, 2.75) is 70.0 Å². The lowest BCUT2D eigenvalue weighted by molar-refractivity contribution is -0.219. The fraction of sp³-hybridized carbons (Fsp3) is 1.00. The second-order valence-electron chi connectivity index (χ2n) is 7.26. The Morgan fingerprint density at radius 1 is 0.947 bits per heavy atom. The number of hydrogen-bond acceptors (Lipinski definition) is 5. The number of ether oxygens (including phenoxy) is 2. The third kappa shape index (κ3) is 3.87. The summed E-state index contributed by atoms with van der Waals surface area (Å²) < 4.78 is 23.5. The molecule has 0 amide bonds. The molecule has 0 spiro atoms. The summed E-state index contributed by atoms with van der Waals surface area (Å²) in [5.74, 6) is 0. The highest BCUT2D eigenvalue weighted by Crippen LogP contribution is 2.34. The molecule has 5 nitrogen and oxygen atoms in total. The van der Waals surface area contributed by atoms with Crippen LogP contribution in [0.4, 0.5) is 0 Å². The zero-order valence-corrected chi connectivity index (χ0v) is 14.7. The third-order valence-electron chi connectivity index (χ3n) is 3.02. The molecular formula is C12H26O5Si2. The molecule has 0 unspecified atom stereocenters. The topological polar surface area (TPSA) is 57.2 Å². The first kappa shape index (κ1) is 15.6. The van der Waals surface area contributed by atoms with Gasteiger partial charge < -0.3 is 23.4 Å². The van der Waals surface area contributed by atoms with E-state index in [4.69, 9.17) is 18.3 Å². The van der Waals surface area contributed by atoms with E-state index in [9.17, 15) is 5.11 Å². The Balaban J connectivity index is 2.13. The maximum atomic E-state index is 10.6. The van der Waals surface area contributed by atoms with Crippen LogP contribution in [0.15, 0.2) is 0 Å². The maximum absolute atomic E-state index is 10.6. The van der Waals surface area contributed by atoms with Gasteiger partial charge in [-0.2, -0.15) is 0 Å². The zero-order chi connectivity index (χ0) is 14.4. The molecule has 2 aliphatic rings. The second kappa shape index (κ2) is 5.21. The van der Waals surface area contributed by atoms with Crippen molar-refractivity contribution in [2.24, 2.45) is 0 Å². The SMILES string of the molecule is C[Si](C)(C)O[C@H]1[C@H]2OC[C@H](O2)[C@@H](O[Si](C)(C)C)[C@@H]1O. The molecule has 0 aromatic carbocycles. The molecule has 0 saturated carbocycles. The van der Waals surface area contributed by atoms with E-state index in [1.807, 2.05) is 0 Å². The van der Waals surface area contributed by atoms with Crippen LogP contribution >= 0.6 is 0 Å². The first-order valence-corrected chi connectivity index (χ1v) is 13.7. The maximum Gasteiger partial charge on any atom is 0.185 e. The zero-order valence-electron chi connectivity index (χ0n) is 12.7. The Morgan fingerprint density at radius 3 is 2.00 bits per heavy atom. The minimum atomic E-state index is -1.78. The third-order valence-corrected chi connectivity index (χ3v) is 4.98. The predicted octanol–water partition coefficient (Wildman–Crippen LogP) is 1.54. The summed E-state index contributed by atoms with van der Waals surface area (Å²) in [6.07, 6.45) is -2.08. The molecule has 0 radical (unpaired) electrons. The molecule has 5 atom stereocenters. The number of fused-ring (bicyclic) bond motifs is 2. The molecule has 0 aromatic rings. The largest absolute Gasteiger partial charge is 0.409 e. The quantitative estimate of drug-likeness (QED) is 0.799. The minimum Gasteiger partial charge on any atom is -0.409 e. The number of aliphatic hydroxyl groups excluding tert-OH is 1. The molecular weight excluding hydrogens is 280 g/mol. The standard InChI is InChI=1S/C12H26O5Si2/c1-18(2,3)16-10-8-7-14-12(15-8)11(9(10)13)17-19(4,5)6/h8-13H,7H2,1-6H3/t8-,9-,10+,11+,12-/m0/s1. The van der Waals surface area contributed by atoms with Gasteiger partial charge >= 0.3 is 0 Å². The summed E-state index contributed by atoms with van der Waals surface area (Å²) in [6, 6.07) is 0. The van der Waals surface area contributed by atoms with E-state index in [1.54, 1.807) is 0 Å². The van der Waals surface area contributed by atoms with Crippen molar-refractivity contribution in [3.8, 4) is 0 Å². The van der Waals surface area contributed by atoms with Crippen LogP contribution in [0.2, 0.25) is 39.3 Å². The van der Waals surface area contributed by atoms with Gasteiger partial charge in [0.1, 0.15) is 24.4 Å². The molecule has 0 aliphatic carbocycles. The van der Waals surface area contributed by atoms with Gasteiger partial charge in [0.25, 0.3) is 0 Å². The number of rotatable bonds is 4. The van der Waals surface area contributed by atoms with Crippen molar-refractivity contribution in [2.75, 3.05) is 6.61 Å². The van der Waals surface area contributed by atoms with Crippen molar-refractivity contribution >= 4 is 16.6 Å². The van der Waals surface area contributed by atoms with Crippen LogP contribution in [0.3, 0.4) is 0 Å². The van der Waals surface area contributed by atoms with Gasteiger partial charge in [0.15, 0.2) is 22.9 Å². The first-order valence-electron chi connectivity index (χ1n) is 6.88. The van der Waals surface area contributed by atoms with E-state index >= 15 is 0 Å². The van der Waals surface area contributed by atoms with Crippen LogP contribution in [-0.4, -0.2) is 59.1 Å².